The maximum atomic E-state index is 12.2. The van der Waals surface area contributed by atoms with E-state index in [-0.39, 0.29) is 18.3 Å². The summed E-state index contributed by atoms with van der Waals surface area (Å²) in [6.45, 7) is 8.24. The standard InChI is InChI=1S/C14H21ClN2O.ClH/c1-5-17(6-2)10-13(18)16(4)14-11(3)8-7-9-12(14)15;/h7-9H,5-6,10H2,1-4H3;1H. The number of nitrogens with zero attached hydrogens (tertiary/aromatic N) is 2. The second kappa shape index (κ2) is 8.41. The zero-order valence-corrected chi connectivity index (χ0v) is 13.5. The highest BCUT2D eigenvalue weighted by Gasteiger charge is 2.17. The number of benzene rings is 1. The molecule has 0 aliphatic carbocycles. The van der Waals surface area contributed by atoms with Gasteiger partial charge in [-0.3, -0.25) is 9.69 Å². The molecule has 19 heavy (non-hydrogen) atoms. The normalized spacial score (nSPS) is 10.2. The fourth-order valence-corrected chi connectivity index (χ4v) is 2.27. The van der Waals surface area contributed by atoms with Crippen molar-refractivity contribution < 1.29 is 4.79 Å². The first-order valence-corrected chi connectivity index (χ1v) is 6.63. The van der Waals surface area contributed by atoms with Crippen LogP contribution in [0.15, 0.2) is 18.2 Å². The fraction of sp³-hybridized carbons (Fsp3) is 0.500. The summed E-state index contributed by atoms with van der Waals surface area (Å²) < 4.78 is 0. The van der Waals surface area contributed by atoms with Gasteiger partial charge in [0.1, 0.15) is 0 Å². The fourth-order valence-electron chi connectivity index (χ4n) is 1.92. The summed E-state index contributed by atoms with van der Waals surface area (Å²) in [5.41, 5.74) is 1.81. The zero-order valence-electron chi connectivity index (χ0n) is 11.9. The third-order valence-electron chi connectivity index (χ3n) is 3.15. The zero-order chi connectivity index (χ0) is 13.7. The Morgan fingerprint density at radius 2 is 1.84 bits per heavy atom. The summed E-state index contributed by atoms with van der Waals surface area (Å²) in [4.78, 5) is 15.9. The van der Waals surface area contributed by atoms with E-state index < -0.39 is 0 Å². The van der Waals surface area contributed by atoms with E-state index in [0.29, 0.717) is 11.6 Å². The Kier molecular flexibility index (Phi) is 8.07. The van der Waals surface area contributed by atoms with Gasteiger partial charge in [-0.2, -0.15) is 0 Å². The first-order chi connectivity index (χ1) is 8.51. The van der Waals surface area contributed by atoms with Gasteiger partial charge in [-0.25, -0.2) is 0 Å². The molecule has 1 aromatic rings. The Labute approximate surface area is 126 Å². The van der Waals surface area contributed by atoms with Gasteiger partial charge in [0.2, 0.25) is 5.91 Å². The maximum Gasteiger partial charge on any atom is 0.240 e. The summed E-state index contributed by atoms with van der Waals surface area (Å²) in [7, 11) is 1.78. The van der Waals surface area contributed by atoms with E-state index in [1.54, 1.807) is 11.9 Å². The minimum atomic E-state index is 0. The highest BCUT2D eigenvalue weighted by Crippen LogP contribution is 2.28. The topological polar surface area (TPSA) is 23.6 Å². The van der Waals surface area contributed by atoms with E-state index in [2.05, 4.69) is 18.7 Å². The Morgan fingerprint density at radius 1 is 1.26 bits per heavy atom. The molecule has 3 nitrogen and oxygen atoms in total. The van der Waals surface area contributed by atoms with Crippen LogP contribution in [0.3, 0.4) is 0 Å². The van der Waals surface area contributed by atoms with Crippen LogP contribution in [0.4, 0.5) is 5.69 Å². The molecule has 0 N–H and O–H groups in total. The maximum absolute atomic E-state index is 12.2. The monoisotopic (exact) mass is 304 g/mol. The van der Waals surface area contributed by atoms with Crippen LogP contribution in [-0.2, 0) is 4.79 Å². The van der Waals surface area contributed by atoms with Crippen LogP contribution in [0.5, 0.6) is 0 Å². The van der Waals surface area contributed by atoms with E-state index in [1.165, 1.54) is 0 Å². The van der Waals surface area contributed by atoms with Crippen molar-refractivity contribution in [2.75, 3.05) is 31.6 Å². The van der Waals surface area contributed by atoms with Crippen molar-refractivity contribution in [2.24, 2.45) is 0 Å². The van der Waals surface area contributed by atoms with Crippen LogP contribution in [0.25, 0.3) is 0 Å². The van der Waals surface area contributed by atoms with Crippen LogP contribution in [-0.4, -0.2) is 37.5 Å². The Bertz CT molecular complexity index is 400. The molecule has 1 amide bonds. The lowest BCUT2D eigenvalue weighted by molar-refractivity contribution is -0.119. The summed E-state index contributed by atoms with van der Waals surface area (Å²) in [5.74, 6) is 0.0647. The molecule has 0 aromatic heterocycles. The minimum Gasteiger partial charge on any atom is -0.313 e. The number of amides is 1. The van der Waals surface area contributed by atoms with Gasteiger partial charge in [-0.1, -0.05) is 37.6 Å². The lowest BCUT2D eigenvalue weighted by atomic mass is 10.2. The molecule has 1 rings (SSSR count). The molecule has 108 valence electrons. The van der Waals surface area contributed by atoms with Crippen LogP contribution in [0, 0.1) is 6.92 Å². The number of aryl methyl sites for hydroxylation is 1. The number of carbonyl (C=O) groups is 1. The number of halogens is 2. The highest BCUT2D eigenvalue weighted by molar-refractivity contribution is 6.34. The second-order valence-corrected chi connectivity index (χ2v) is 4.73. The predicted molar refractivity (Wildman–Crippen MR) is 84.6 cm³/mol. The molecule has 0 saturated heterocycles. The van der Waals surface area contributed by atoms with Gasteiger partial charge in [0.15, 0.2) is 0 Å². The Hall–Kier alpha value is -0.770. The van der Waals surface area contributed by atoms with Crippen molar-refractivity contribution in [3.63, 3.8) is 0 Å². The molecule has 0 fully saturated rings. The van der Waals surface area contributed by atoms with Crippen LogP contribution < -0.4 is 4.90 Å². The molecule has 0 aliphatic heterocycles. The molecular weight excluding hydrogens is 283 g/mol. The molecule has 0 spiro atoms. The van der Waals surface area contributed by atoms with Crippen molar-refractivity contribution in [3.8, 4) is 0 Å². The number of hydrogen-bond acceptors (Lipinski definition) is 2. The molecule has 0 saturated carbocycles. The number of para-hydroxylation sites is 1. The first kappa shape index (κ1) is 18.2. The van der Waals surface area contributed by atoms with E-state index in [4.69, 9.17) is 11.6 Å². The first-order valence-electron chi connectivity index (χ1n) is 6.25. The van der Waals surface area contributed by atoms with Crippen LogP contribution in [0.2, 0.25) is 5.02 Å². The Balaban J connectivity index is 0.00000324. The molecule has 0 bridgehead atoms. The highest BCUT2D eigenvalue weighted by atomic mass is 35.5. The molecular formula is C14H22Cl2N2O. The molecule has 1 aromatic carbocycles. The van der Waals surface area contributed by atoms with Gasteiger partial charge in [0, 0.05) is 7.05 Å². The van der Waals surface area contributed by atoms with E-state index in [9.17, 15) is 4.79 Å². The minimum absolute atomic E-state index is 0. The average Bonchev–Trinajstić information content (AvgIpc) is 2.35. The summed E-state index contributed by atoms with van der Waals surface area (Å²) in [6.07, 6.45) is 0. The predicted octanol–water partition coefficient (Wildman–Crippen LogP) is 3.37. The van der Waals surface area contributed by atoms with Gasteiger partial charge in [-0.05, 0) is 31.6 Å². The average molecular weight is 305 g/mol. The molecule has 0 aliphatic rings. The smallest absolute Gasteiger partial charge is 0.240 e. The molecule has 0 heterocycles. The number of anilines is 1. The van der Waals surface area contributed by atoms with Gasteiger partial charge in [-0.15, -0.1) is 12.4 Å². The van der Waals surface area contributed by atoms with Gasteiger partial charge in [0.05, 0.1) is 17.3 Å². The summed E-state index contributed by atoms with van der Waals surface area (Å²) in [5, 5.41) is 0.616. The van der Waals surface area contributed by atoms with E-state index >= 15 is 0 Å². The second-order valence-electron chi connectivity index (χ2n) is 4.32. The van der Waals surface area contributed by atoms with E-state index in [0.717, 1.165) is 24.3 Å². The molecule has 0 unspecified atom stereocenters. The molecule has 0 atom stereocenters. The molecule has 0 radical (unpaired) electrons. The SMILES string of the molecule is CCN(CC)CC(=O)N(C)c1c(C)cccc1Cl.Cl. The van der Waals surface area contributed by atoms with Crippen molar-refractivity contribution in [1.82, 2.24) is 4.90 Å². The number of carbonyl (C=O) groups excluding carboxylic acids is 1. The number of hydrogen-bond donors (Lipinski definition) is 0. The van der Waals surface area contributed by atoms with Crippen LogP contribution >= 0.6 is 24.0 Å². The van der Waals surface area contributed by atoms with Crippen LogP contribution in [0.1, 0.15) is 19.4 Å². The van der Waals surface area contributed by atoms with Gasteiger partial charge >= 0.3 is 0 Å². The number of likely N-dealkylation sites (N-methyl/N-ethyl adjacent to an activating group) is 2. The van der Waals surface area contributed by atoms with E-state index in [1.807, 2.05) is 25.1 Å². The summed E-state index contributed by atoms with van der Waals surface area (Å²) in [6, 6.07) is 5.66. The largest absolute Gasteiger partial charge is 0.313 e. The summed E-state index contributed by atoms with van der Waals surface area (Å²) >= 11 is 6.17. The van der Waals surface area contributed by atoms with Crippen molar-refractivity contribution in [1.29, 1.82) is 0 Å². The third-order valence-corrected chi connectivity index (χ3v) is 3.46. The number of rotatable bonds is 5. The van der Waals surface area contributed by atoms with Crippen molar-refractivity contribution in [3.05, 3.63) is 28.8 Å². The third kappa shape index (κ3) is 4.68. The van der Waals surface area contributed by atoms with Gasteiger partial charge in [0.25, 0.3) is 0 Å². The quantitative estimate of drug-likeness (QED) is 0.832. The van der Waals surface area contributed by atoms with Crippen molar-refractivity contribution in [2.45, 2.75) is 20.8 Å². The lowest BCUT2D eigenvalue weighted by Gasteiger charge is -2.24. The van der Waals surface area contributed by atoms with Crippen molar-refractivity contribution >= 4 is 35.6 Å². The van der Waals surface area contributed by atoms with Gasteiger partial charge < -0.3 is 4.90 Å². The lowest BCUT2D eigenvalue weighted by Crippen LogP contribution is -2.38. The molecule has 5 heteroatoms. The Morgan fingerprint density at radius 3 is 2.32 bits per heavy atom.